The molecule has 0 radical (unpaired) electrons. The number of aliphatic hydroxyl groups is 1. The minimum absolute atomic E-state index is 0.0742. The van der Waals surface area contributed by atoms with Gasteiger partial charge in [0.25, 0.3) is 0 Å². The molecule has 1 saturated heterocycles. The summed E-state index contributed by atoms with van der Waals surface area (Å²) in [6.07, 6.45) is 6.17. The van der Waals surface area contributed by atoms with E-state index in [4.69, 9.17) is 29.3 Å². The van der Waals surface area contributed by atoms with Gasteiger partial charge in [0.05, 0.1) is 44.3 Å². The number of piperidine rings is 1. The van der Waals surface area contributed by atoms with Crippen molar-refractivity contribution in [2.24, 2.45) is 5.10 Å². The molecular formula is C33H45FN8O4. The van der Waals surface area contributed by atoms with Gasteiger partial charge in [0, 0.05) is 55.2 Å². The molecule has 1 aromatic carbocycles. The van der Waals surface area contributed by atoms with Crippen LogP contribution < -0.4 is 25.4 Å². The van der Waals surface area contributed by atoms with Crippen molar-refractivity contribution >= 4 is 30.0 Å². The normalized spacial score (nSPS) is 24.9. The van der Waals surface area contributed by atoms with Gasteiger partial charge in [0.2, 0.25) is 5.95 Å². The molecule has 6 rings (SSSR count). The highest BCUT2D eigenvalue weighted by Crippen LogP contribution is 2.32. The van der Waals surface area contributed by atoms with Gasteiger partial charge < -0.3 is 24.6 Å². The maximum atomic E-state index is 15.1. The fraction of sp³-hybridized carbons (Fsp3) is 0.576. The Morgan fingerprint density at radius 1 is 1.09 bits per heavy atom. The van der Waals surface area contributed by atoms with E-state index in [-0.39, 0.29) is 12.0 Å². The van der Waals surface area contributed by atoms with E-state index in [1.807, 2.05) is 29.4 Å². The number of anilines is 1. The third-order valence-electron chi connectivity index (χ3n) is 9.11. The minimum atomic E-state index is -1.32. The molecular weight excluding hydrogens is 591 g/mol. The van der Waals surface area contributed by atoms with Crippen LogP contribution in [0.3, 0.4) is 0 Å². The van der Waals surface area contributed by atoms with Gasteiger partial charge in [0.1, 0.15) is 23.8 Å². The fourth-order valence-electron chi connectivity index (χ4n) is 6.77. The predicted molar refractivity (Wildman–Crippen MR) is 174 cm³/mol. The number of hydrazone groups is 1. The number of benzene rings is 1. The number of β-amino-alcohol motifs (C(OH)–C–C–N with tert-alkyl or cyclic N) is 1. The van der Waals surface area contributed by atoms with Crippen molar-refractivity contribution < 1.29 is 23.7 Å². The maximum absolute atomic E-state index is 15.1. The molecule has 12 nitrogen and oxygen atoms in total. The van der Waals surface area contributed by atoms with Gasteiger partial charge in [-0.05, 0) is 57.4 Å². The number of nitrogens with zero attached hydrogens (tertiary/aromatic N) is 7. The number of nitrogens with one attached hydrogen (secondary N) is 1. The molecule has 13 heteroatoms. The number of likely N-dealkylation sites (tertiary alicyclic amines) is 1. The highest BCUT2D eigenvalue weighted by atomic mass is 19.1. The lowest BCUT2D eigenvalue weighted by molar-refractivity contribution is 0.0306. The number of fused-ring (bicyclic) bond motifs is 3. The third kappa shape index (κ3) is 6.53. The first-order valence-electron chi connectivity index (χ1n) is 16.0. The van der Waals surface area contributed by atoms with Crippen LogP contribution in [0.5, 0.6) is 11.5 Å². The van der Waals surface area contributed by atoms with Crippen LogP contribution in [0.2, 0.25) is 0 Å². The van der Waals surface area contributed by atoms with Crippen LogP contribution in [-0.2, 0) is 11.3 Å². The third-order valence-corrected chi connectivity index (χ3v) is 9.11. The van der Waals surface area contributed by atoms with Crippen molar-refractivity contribution in [3.8, 4) is 11.5 Å². The van der Waals surface area contributed by atoms with Crippen LogP contribution in [0, 0.1) is 0 Å². The Kier molecular flexibility index (Phi) is 9.17. The summed E-state index contributed by atoms with van der Waals surface area (Å²) >= 11 is 0. The van der Waals surface area contributed by atoms with E-state index in [0.717, 1.165) is 37.9 Å². The average Bonchev–Trinajstić information content (AvgIpc) is 3.70. The first kappa shape index (κ1) is 32.1. The molecule has 3 aliphatic rings. The van der Waals surface area contributed by atoms with Gasteiger partial charge in [-0.1, -0.05) is 6.92 Å². The Morgan fingerprint density at radius 3 is 2.63 bits per heavy atom. The molecule has 46 heavy (non-hydrogen) atoms. The zero-order valence-corrected chi connectivity index (χ0v) is 27.5. The van der Waals surface area contributed by atoms with Gasteiger partial charge >= 0.3 is 0 Å². The fourth-order valence-corrected chi connectivity index (χ4v) is 6.77. The van der Waals surface area contributed by atoms with E-state index in [2.05, 4.69) is 22.2 Å². The first-order chi connectivity index (χ1) is 22.1. The summed E-state index contributed by atoms with van der Waals surface area (Å²) in [6.45, 7) is 8.22. The number of rotatable bonds is 11. The molecule has 2 N–H and O–H groups in total. The van der Waals surface area contributed by atoms with Gasteiger partial charge in [-0.25, -0.2) is 14.4 Å². The Hall–Kier alpha value is -3.81. The standard InChI is InChI=1S/C33H45FN8O4/c1-7-22-10-8-21(17-41(22)23-16-36-40(18-23)19-33(2,3)43)30-38-31-25-13-26(34)29(46-6)14-27(25)37-32(42(31)39-30)35-15-20-9-11-24(44-4)12-28(20)45-5/h9,11-14,16,21-23,26,29,43H,7-8,10,15,17-19H2,1-6H3,(H,35,37). The Labute approximate surface area is 268 Å². The second-order valence-corrected chi connectivity index (χ2v) is 13.0. The lowest BCUT2D eigenvalue weighted by atomic mass is 9.89. The second kappa shape index (κ2) is 13.1. The summed E-state index contributed by atoms with van der Waals surface area (Å²) in [4.78, 5) is 12.4. The lowest BCUT2D eigenvalue weighted by Gasteiger charge is -2.41. The van der Waals surface area contributed by atoms with Crippen LogP contribution in [0.1, 0.15) is 57.3 Å². The van der Waals surface area contributed by atoms with Crippen molar-refractivity contribution in [2.75, 3.05) is 46.3 Å². The summed E-state index contributed by atoms with van der Waals surface area (Å²) < 4.78 is 33.1. The van der Waals surface area contributed by atoms with Crippen LogP contribution in [0.15, 0.2) is 23.3 Å². The number of methoxy groups -OCH3 is 3. The monoisotopic (exact) mass is 636 g/mol. The molecule has 4 heterocycles. The maximum Gasteiger partial charge on any atom is 0.226 e. The van der Waals surface area contributed by atoms with E-state index < -0.39 is 17.9 Å². The molecule has 2 aromatic heterocycles. The molecule has 5 unspecified atom stereocenters. The summed E-state index contributed by atoms with van der Waals surface area (Å²) in [6, 6.07) is 6.22. The predicted octanol–water partition coefficient (Wildman–Crippen LogP) is 2.08. The summed E-state index contributed by atoms with van der Waals surface area (Å²) in [7, 11) is 4.74. The number of halogens is 1. The summed E-state index contributed by atoms with van der Waals surface area (Å²) in [5.74, 6) is 2.66. The van der Waals surface area contributed by atoms with Crippen molar-refractivity contribution in [3.63, 3.8) is 0 Å². The molecule has 0 bridgehead atoms. The largest absolute Gasteiger partial charge is 0.497 e. The van der Waals surface area contributed by atoms with Crippen LogP contribution in [0.4, 0.5) is 10.3 Å². The average molecular weight is 637 g/mol. The highest BCUT2D eigenvalue weighted by molar-refractivity contribution is 5.66. The van der Waals surface area contributed by atoms with Crippen molar-refractivity contribution in [3.05, 3.63) is 40.2 Å². The smallest absolute Gasteiger partial charge is 0.226 e. The minimum Gasteiger partial charge on any atom is -0.497 e. The van der Waals surface area contributed by atoms with E-state index in [0.29, 0.717) is 58.6 Å². The van der Waals surface area contributed by atoms with Crippen molar-refractivity contribution in [1.29, 1.82) is 0 Å². The van der Waals surface area contributed by atoms with Crippen molar-refractivity contribution in [2.45, 2.75) is 82.5 Å². The van der Waals surface area contributed by atoms with E-state index in [9.17, 15) is 5.11 Å². The number of alkyl halides is 1. The summed E-state index contributed by atoms with van der Waals surface area (Å²) in [5.41, 5.74) is 0.645. The van der Waals surface area contributed by atoms with Crippen LogP contribution in [-0.4, -0.2) is 112 Å². The zero-order chi connectivity index (χ0) is 32.6. The van der Waals surface area contributed by atoms with E-state index in [1.54, 1.807) is 38.7 Å². The summed E-state index contributed by atoms with van der Waals surface area (Å²) in [5, 5.41) is 26.5. The lowest BCUT2D eigenvalue weighted by Crippen LogP contribution is -2.51. The second-order valence-electron chi connectivity index (χ2n) is 13.0. The van der Waals surface area contributed by atoms with Gasteiger partial charge in [-0.2, -0.15) is 9.62 Å². The molecule has 1 aliphatic carbocycles. The van der Waals surface area contributed by atoms with E-state index in [1.165, 1.54) is 13.2 Å². The Balaban J connectivity index is 1.33. The molecule has 3 aromatic rings. The van der Waals surface area contributed by atoms with Gasteiger partial charge in [0.15, 0.2) is 11.5 Å². The van der Waals surface area contributed by atoms with Gasteiger partial charge in [-0.3, -0.25) is 9.91 Å². The van der Waals surface area contributed by atoms with Crippen LogP contribution >= 0.6 is 0 Å². The quantitative estimate of drug-likeness (QED) is 0.324. The molecule has 2 aliphatic heterocycles. The SMILES string of the molecule is CCC1CCC(c2nc3c4c(nc(NCc5ccc(OC)cc5OC)n3n2)=CC(OC)C(F)C=4)CN1C1C=NN(CC(C)(C)O)C1. The molecule has 248 valence electrons. The number of hydrogen-bond donors (Lipinski definition) is 2. The number of ether oxygens (including phenoxy) is 3. The molecule has 0 spiro atoms. The van der Waals surface area contributed by atoms with Crippen LogP contribution in [0.25, 0.3) is 17.8 Å². The topological polar surface area (TPSA) is 122 Å². The Morgan fingerprint density at radius 2 is 1.91 bits per heavy atom. The number of hydrogen-bond acceptors (Lipinski definition) is 11. The van der Waals surface area contributed by atoms with Crippen molar-refractivity contribution in [1.82, 2.24) is 29.5 Å². The van der Waals surface area contributed by atoms with E-state index >= 15 is 4.39 Å². The molecule has 0 amide bonds. The Bertz CT molecular complexity index is 1710. The molecule has 5 atom stereocenters. The first-order valence-corrected chi connectivity index (χ1v) is 16.0. The molecule has 0 saturated carbocycles. The number of aromatic nitrogens is 4. The molecule has 1 fully saturated rings. The highest BCUT2D eigenvalue weighted by Gasteiger charge is 2.37. The zero-order valence-electron chi connectivity index (χ0n) is 27.5. The van der Waals surface area contributed by atoms with Gasteiger partial charge in [-0.15, -0.1) is 5.10 Å².